The van der Waals surface area contributed by atoms with Crippen LogP contribution in [0.2, 0.25) is 0 Å². The van der Waals surface area contributed by atoms with Gasteiger partial charge in [0.1, 0.15) is 0 Å². The van der Waals surface area contributed by atoms with E-state index >= 15 is 0 Å². The van der Waals surface area contributed by atoms with Gasteiger partial charge in [0.15, 0.2) is 5.17 Å². The topological polar surface area (TPSA) is 58.5 Å². The van der Waals surface area contributed by atoms with Gasteiger partial charge in [0, 0.05) is 5.56 Å². The van der Waals surface area contributed by atoms with E-state index in [9.17, 15) is 8.42 Å². The Morgan fingerprint density at radius 3 is 2.05 bits per heavy atom. The highest BCUT2D eigenvalue weighted by Gasteiger charge is 2.12. The average molecular weight is 295 g/mol. The van der Waals surface area contributed by atoms with Crippen LogP contribution in [0.3, 0.4) is 0 Å². The zero-order valence-electron chi connectivity index (χ0n) is 9.82. The van der Waals surface area contributed by atoms with E-state index in [1.807, 2.05) is 6.07 Å². The largest absolute Gasteiger partial charge is 0.276 e. The molecule has 0 atom stereocenters. The minimum Gasteiger partial charge on any atom is -0.200 e. The number of halogens is 1. The lowest BCUT2D eigenvalue weighted by Gasteiger charge is -2.04. The van der Waals surface area contributed by atoms with Gasteiger partial charge < -0.3 is 0 Å². The van der Waals surface area contributed by atoms with E-state index in [1.165, 1.54) is 12.1 Å². The fourth-order valence-electron chi connectivity index (χ4n) is 1.39. The van der Waals surface area contributed by atoms with Gasteiger partial charge in [0.2, 0.25) is 0 Å². The van der Waals surface area contributed by atoms with Crippen molar-refractivity contribution in [1.82, 2.24) is 4.83 Å². The molecule has 0 saturated carbocycles. The van der Waals surface area contributed by atoms with Gasteiger partial charge in [-0.05, 0) is 12.1 Å². The van der Waals surface area contributed by atoms with Gasteiger partial charge in [-0.3, -0.25) is 0 Å². The maximum Gasteiger partial charge on any atom is 0.276 e. The van der Waals surface area contributed by atoms with Crippen molar-refractivity contribution in [2.45, 2.75) is 4.90 Å². The number of nitrogens with zero attached hydrogens (tertiary/aromatic N) is 1. The number of nitrogens with one attached hydrogen (secondary N) is 1. The van der Waals surface area contributed by atoms with Crippen LogP contribution in [0.25, 0.3) is 0 Å². The Labute approximate surface area is 116 Å². The summed E-state index contributed by atoms with van der Waals surface area (Å²) in [5, 5.41) is 3.77. The molecule has 0 spiro atoms. The fraction of sp³-hybridized carbons (Fsp3) is 0. The SMILES string of the molecule is O=S(=O)(NN=C(Cl)c1ccccc1)c1ccccc1. The van der Waals surface area contributed by atoms with Crippen LogP contribution in [0, 0.1) is 0 Å². The molecule has 2 aromatic carbocycles. The van der Waals surface area contributed by atoms with Crippen molar-refractivity contribution in [3.63, 3.8) is 0 Å². The summed E-state index contributed by atoms with van der Waals surface area (Å²) >= 11 is 5.92. The van der Waals surface area contributed by atoms with Gasteiger partial charge in [-0.25, -0.2) is 0 Å². The highest BCUT2D eigenvalue weighted by atomic mass is 35.5. The number of hydrogen-bond acceptors (Lipinski definition) is 3. The molecule has 2 rings (SSSR count). The molecular weight excluding hydrogens is 284 g/mol. The van der Waals surface area contributed by atoms with E-state index in [4.69, 9.17) is 11.6 Å². The highest BCUT2D eigenvalue weighted by Crippen LogP contribution is 2.08. The average Bonchev–Trinajstić information content (AvgIpc) is 2.47. The second kappa shape index (κ2) is 5.86. The Balaban J connectivity index is 2.19. The van der Waals surface area contributed by atoms with Gasteiger partial charge in [-0.2, -0.15) is 18.4 Å². The molecule has 6 heteroatoms. The van der Waals surface area contributed by atoms with Crippen LogP contribution in [0.1, 0.15) is 5.56 Å². The molecule has 0 heterocycles. The standard InChI is InChI=1S/C13H11ClN2O2S/c14-13(11-7-3-1-4-8-11)15-16-19(17,18)12-9-5-2-6-10-12/h1-10,16H. The van der Waals surface area contributed by atoms with E-state index in [0.29, 0.717) is 5.56 Å². The van der Waals surface area contributed by atoms with Crippen molar-refractivity contribution in [2.75, 3.05) is 0 Å². The van der Waals surface area contributed by atoms with Gasteiger partial charge in [0.05, 0.1) is 4.90 Å². The lowest BCUT2D eigenvalue weighted by molar-refractivity contribution is 0.584. The van der Waals surface area contributed by atoms with Gasteiger partial charge >= 0.3 is 0 Å². The second-order valence-corrected chi connectivity index (χ2v) is 5.70. The van der Waals surface area contributed by atoms with Crippen LogP contribution >= 0.6 is 11.6 Å². The van der Waals surface area contributed by atoms with Crippen molar-refractivity contribution >= 4 is 26.8 Å². The summed E-state index contributed by atoms with van der Waals surface area (Å²) in [7, 11) is -3.69. The Morgan fingerprint density at radius 2 is 1.47 bits per heavy atom. The van der Waals surface area contributed by atoms with Gasteiger partial charge in [-0.15, -0.1) is 0 Å². The van der Waals surface area contributed by atoms with E-state index in [-0.39, 0.29) is 10.1 Å². The summed E-state index contributed by atoms with van der Waals surface area (Å²) < 4.78 is 23.8. The molecule has 19 heavy (non-hydrogen) atoms. The summed E-state index contributed by atoms with van der Waals surface area (Å²) in [6.45, 7) is 0. The summed E-state index contributed by atoms with van der Waals surface area (Å²) in [4.78, 5) is 2.24. The Bertz CT molecular complexity index is 670. The molecule has 4 nitrogen and oxygen atoms in total. The lowest BCUT2D eigenvalue weighted by Crippen LogP contribution is -2.19. The smallest absolute Gasteiger partial charge is 0.200 e. The Morgan fingerprint density at radius 1 is 0.947 bits per heavy atom. The zero-order valence-corrected chi connectivity index (χ0v) is 11.4. The lowest BCUT2D eigenvalue weighted by atomic mass is 10.2. The minimum atomic E-state index is -3.69. The summed E-state index contributed by atoms with van der Waals surface area (Å²) in [6.07, 6.45) is 0. The van der Waals surface area contributed by atoms with Crippen LogP contribution in [-0.2, 0) is 10.0 Å². The summed E-state index contributed by atoms with van der Waals surface area (Å²) in [5.41, 5.74) is 0.639. The van der Waals surface area contributed by atoms with E-state index in [0.717, 1.165) is 0 Å². The van der Waals surface area contributed by atoms with Crippen LogP contribution < -0.4 is 4.83 Å². The number of hydrogen-bond donors (Lipinski definition) is 1. The predicted octanol–water partition coefficient (Wildman–Crippen LogP) is 2.57. The number of rotatable bonds is 4. The maximum absolute atomic E-state index is 11.9. The van der Waals surface area contributed by atoms with Crippen LogP contribution in [-0.4, -0.2) is 13.6 Å². The quantitative estimate of drug-likeness (QED) is 0.696. The van der Waals surface area contributed by atoms with Crippen LogP contribution in [0.4, 0.5) is 0 Å². The Hall–Kier alpha value is -1.85. The van der Waals surface area contributed by atoms with Crippen LogP contribution in [0.5, 0.6) is 0 Å². The first-order valence-electron chi connectivity index (χ1n) is 5.45. The molecule has 0 radical (unpaired) electrons. The highest BCUT2D eigenvalue weighted by molar-refractivity contribution is 7.89. The van der Waals surface area contributed by atoms with Crippen molar-refractivity contribution in [3.8, 4) is 0 Å². The molecule has 0 aromatic heterocycles. The molecule has 0 aliphatic heterocycles. The minimum absolute atomic E-state index is 0.0834. The van der Waals surface area contributed by atoms with E-state index < -0.39 is 10.0 Å². The first kappa shape index (κ1) is 13.6. The molecule has 0 saturated heterocycles. The number of sulfonamides is 1. The molecule has 98 valence electrons. The summed E-state index contributed by atoms with van der Waals surface area (Å²) in [5.74, 6) is 0. The first-order valence-corrected chi connectivity index (χ1v) is 7.31. The maximum atomic E-state index is 11.9. The van der Waals surface area contributed by atoms with Crippen molar-refractivity contribution in [2.24, 2.45) is 5.10 Å². The van der Waals surface area contributed by atoms with Crippen molar-refractivity contribution in [3.05, 3.63) is 66.2 Å². The fourth-order valence-corrected chi connectivity index (χ4v) is 2.44. The Kier molecular flexibility index (Phi) is 4.19. The molecule has 0 unspecified atom stereocenters. The first-order chi connectivity index (χ1) is 9.09. The molecule has 0 aliphatic rings. The monoisotopic (exact) mass is 294 g/mol. The second-order valence-electron chi connectivity index (χ2n) is 3.68. The van der Waals surface area contributed by atoms with E-state index in [2.05, 4.69) is 9.93 Å². The molecular formula is C13H11ClN2O2S. The van der Waals surface area contributed by atoms with Crippen LogP contribution in [0.15, 0.2) is 70.7 Å². The number of benzene rings is 2. The van der Waals surface area contributed by atoms with Crippen molar-refractivity contribution in [1.29, 1.82) is 0 Å². The predicted molar refractivity (Wildman–Crippen MR) is 75.6 cm³/mol. The molecule has 0 bridgehead atoms. The third-order valence-electron chi connectivity index (χ3n) is 2.33. The van der Waals surface area contributed by atoms with Gasteiger partial charge in [0.25, 0.3) is 10.0 Å². The summed E-state index contributed by atoms with van der Waals surface area (Å²) in [6, 6.07) is 16.9. The molecule has 0 aliphatic carbocycles. The molecule has 0 fully saturated rings. The molecule has 2 aromatic rings. The van der Waals surface area contributed by atoms with Crippen molar-refractivity contribution < 1.29 is 8.42 Å². The molecule has 1 N–H and O–H groups in total. The third kappa shape index (κ3) is 3.56. The zero-order chi connectivity index (χ0) is 13.7. The third-order valence-corrected chi connectivity index (χ3v) is 3.86. The van der Waals surface area contributed by atoms with E-state index in [1.54, 1.807) is 42.5 Å². The molecule has 0 amide bonds. The number of hydrazone groups is 1. The van der Waals surface area contributed by atoms with Gasteiger partial charge in [-0.1, -0.05) is 60.1 Å². The normalized spacial score (nSPS) is 12.2.